The SMILES string of the molecule is CCCCCCC(Oc1ccc2oc3c(c2c1)CCCC3)C(N)=O. The van der Waals surface area contributed by atoms with Gasteiger partial charge in [0, 0.05) is 17.4 Å². The van der Waals surface area contributed by atoms with Crippen LogP contribution in [0.1, 0.15) is 63.2 Å². The van der Waals surface area contributed by atoms with E-state index in [0.29, 0.717) is 12.2 Å². The van der Waals surface area contributed by atoms with Crippen molar-refractivity contribution in [3.05, 3.63) is 29.5 Å². The van der Waals surface area contributed by atoms with Crippen molar-refractivity contribution in [3.63, 3.8) is 0 Å². The van der Waals surface area contributed by atoms with Gasteiger partial charge in [-0.1, -0.05) is 26.2 Å². The number of rotatable bonds is 8. The monoisotopic (exact) mass is 329 g/mol. The normalized spacial score (nSPS) is 15.2. The molecule has 0 saturated heterocycles. The molecule has 2 N–H and O–H groups in total. The molecule has 1 aromatic carbocycles. The van der Waals surface area contributed by atoms with Gasteiger partial charge in [0.1, 0.15) is 17.1 Å². The summed E-state index contributed by atoms with van der Waals surface area (Å²) in [6.07, 6.45) is 9.01. The third kappa shape index (κ3) is 3.74. The van der Waals surface area contributed by atoms with E-state index in [-0.39, 0.29) is 5.91 Å². The van der Waals surface area contributed by atoms with Gasteiger partial charge in [-0.25, -0.2) is 0 Å². The second-order valence-electron chi connectivity index (χ2n) is 6.73. The molecule has 130 valence electrons. The summed E-state index contributed by atoms with van der Waals surface area (Å²) < 4.78 is 11.9. The maximum atomic E-state index is 11.7. The number of unbranched alkanes of at least 4 members (excludes halogenated alkanes) is 3. The van der Waals surface area contributed by atoms with E-state index >= 15 is 0 Å². The summed E-state index contributed by atoms with van der Waals surface area (Å²) in [5, 5.41) is 1.12. The molecule has 1 amide bonds. The highest BCUT2D eigenvalue weighted by atomic mass is 16.5. The summed E-state index contributed by atoms with van der Waals surface area (Å²) in [4.78, 5) is 11.7. The van der Waals surface area contributed by atoms with Gasteiger partial charge in [0.2, 0.25) is 0 Å². The van der Waals surface area contributed by atoms with Crippen LogP contribution in [-0.2, 0) is 17.6 Å². The lowest BCUT2D eigenvalue weighted by molar-refractivity contribution is -0.125. The minimum absolute atomic E-state index is 0.388. The Morgan fingerprint density at radius 3 is 2.88 bits per heavy atom. The zero-order valence-corrected chi connectivity index (χ0v) is 14.5. The molecule has 3 rings (SSSR count). The number of amides is 1. The van der Waals surface area contributed by atoms with Crippen molar-refractivity contribution >= 4 is 16.9 Å². The van der Waals surface area contributed by atoms with Crippen molar-refractivity contribution in [1.29, 1.82) is 0 Å². The first kappa shape index (κ1) is 16.9. The first-order chi connectivity index (χ1) is 11.7. The number of fused-ring (bicyclic) bond motifs is 3. The molecule has 4 nitrogen and oxygen atoms in total. The van der Waals surface area contributed by atoms with E-state index in [2.05, 4.69) is 6.92 Å². The van der Waals surface area contributed by atoms with Gasteiger partial charge in [0.15, 0.2) is 6.10 Å². The lowest BCUT2D eigenvalue weighted by Gasteiger charge is -2.16. The summed E-state index contributed by atoms with van der Waals surface area (Å²) in [7, 11) is 0. The molecule has 1 aromatic heterocycles. The number of ether oxygens (including phenoxy) is 1. The number of hydrogen-bond acceptors (Lipinski definition) is 3. The van der Waals surface area contributed by atoms with E-state index in [9.17, 15) is 4.79 Å². The molecule has 4 heteroatoms. The molecular weight excluding hydrogens is 302 g/mol. The molecule has 1 atom stereocenters. The first-order valence-corrected chi connectivity index (χ1v) is 9.19. The molecule has 2 aromatic rings. The maximum absolute atomic E-state index is 11.7. The van der Waals surface area contributed by atoms with Crippen LogP contribution in [-0.4, -0.2) is 12.0 Å². The number of aryl methyl sites for hydroxylation is 2. The van der Waals surface area contributed by atoms with Gasteiger partial charge in [-0.05, 0) is 50.3 Å². The molecule has 1 aliphatic carbocycles. The Balaban J connectivity index is 1.74. The quantitative estimate of drug-likeness (QED) is 0.724. The Morgan fingerprint density at radius 1 is 1.25 bits per heavy atom. The lowest BCUT2D eigenvalue weighted by atomic mass is 9.96. The predicted octanol–water partition coefficient (Wildman–Crippen LogP) is 4.51. The molecule has 0 fully saturated rings. The molecule has 0 bridgehead atoms. The zero-order valence-electron chi connectivity index (χ0n) is 14.5. The molecule has 0 saturated carbocycles. The summed E-state index contributed by atoms with van der Waals surface area (Å²) in [6, 6.07) is 5.82. The number of primary amides is 1. The van der Waals surface area contributed by atoms with Crippen LogP contribution >= 0.6 is 0 Å². The third-order valence-electron chi connectivity index (χ3n) is 4.84. The van der Waals surface area contributed by atoms with Crippen LogP contribution in [0.3, 0.4) is 0 Å². The molecule has 0 aliphatic heterocycles. The van der Waals surface area contributed by atoms with Gasteiger partial charge in [-0.3, -0.25) is 4.79 Å². The number of furan rings is 1. The smallest absolute Gasteiger partial charge is 0.258 e. The summed E-state index contributed by atoms with van der Waals surface area (Å²) in [6.45, 7) is 2.17. The molecule has 0 radical (unpaired) electrons. The van der Waals surface area contributed by atoms with Crippen molar-refractivity contribution in [3.8, 4) is 5.75 Å². The number of carbonyl (C=O) groups excluding carboxylic acids is 1. The van der Waals surface area contributed by atoms with Crippen LogP contribution in [0.15, 0.2) is 22.6 Å². The largest absolute Gasteiger partial charge is 0.481 e. The van der Waals surface area contributed by atoms with Gasteiger partial charge in [0.05, 0.1) is 0 Å². The third-order valence-corrected chi connectivity index (χ3v) is 4.84. The van der Waals surface area contributed by atoms with Crippen molar-refractivity contribution in [2.45, 2.75) is 70.8 Å². The Morgan fingerprint density at radius 2 is 2.08 bits per heavy atom. The Bertz CT molecular complexity index is 704. The van der Waals surface area contributed by atoms with E-state index < -0.39 is 6.10 Å². The van der Waals surface area contributed by atoms with E-state index in [1.807, 2.05) is 18.2 Å². The second kappa shape index (κ2) is 7.73. The van der Waals surface area contributed by atoms with Crippen molar-refractivity contribution < 1.29 is 13.9 Å². The fraction of sp³-hybridized carbons (Fsp3) is 0.550. The molecule has 1 aliphatic rings. The van der Waals surface area contributed by atoms with Crippen molar-refractivity contribution in [2.24, 2.45) is 5.73 Å². The van der Waals surface area contributed by atoms with Crippen LogP contribution in [0.2, 0.25) is 0 Å². The minimum Gasteiger partial charge on any atom is -0.481 e. The van der Waals surface area contributed by atoms with Crippen LogP contribution in [0.4, 0.5) is 0 Å². The van der Waals surface area contributed by atoms with Gasteiger partial charge in [-0.15, -0.1) is 0 Å². The molecule has 24 heavy (non-hydrogen) atoms. The number of hydrogen-bond donors (Lipinski definition) is 1. The Hall–Kier alpha value is -1.97. The number of carbonyl (C=O) groups is 1. The van der Waals surface area contributed by atoms with Gasteiger partial charge >= 0.3 is 0 Å². The van der Waals surface area contributed by atoms with Crippen molar-refractivity contribution in [1.82, 2.24) is 0 Å². The molecule has 1 heterocycles. The van der Waals surface area contributed by atoms with Crippen molar-refractivity contribution in [2.75, 3.05) is 0 Å². The fourth-order valence-corrected chi connectivity index (χ4v) is 3.50. The highest BCUT2D eigenvalue weighted by molar-refractivity contribution is 5.84. The molecule has 0 spiro atoms. The van der Waals surface area contributed by atoms with Crippen LogP contribution < -0.4 is 10.5 Å². The summed E-state index contributed by atoms with van der Waals surface area (Å²) in [5.41, 5.74) is 7.74. The second-order valence-corrected chi connectivity index (χ2v) is 6.73. The van der Waals surface area contributed by atoms with E-state index in [1.54, 1.807) is 0 Å². The fourth-order valence-electron chi connectivity index (χ4n) is 3.50. The maximum Gasteiger partial charge on any atom is 0.258 e. The van der Waals surface area contributed by atoms with Gasteiger partial charge in [-0.2, -0.15) is 0 Å². The zero-order chi connectivity index (χ0) is 16.9. The predicted molar refractivity (Wildman–Crippen MR) is 95.2 cm³/mol. The van der Waals surface area contributed by atoms with Crippen LogP contribution in [0, 0.1) is 0 Å². The standard InChI is InChI=1S/C20H27NO3/c1-2-3-4-5-10-19(20(21)22)23-14-11-12-18-16(13-14)15-8-6-7-9-17(15)24-18/h11-13,19H,2-10H2,1H3,(H2,21,22). The first-order valence-electron chi connectivity index (χ1n) is 9.19. The summed E-state index contributed by atoms with van der Waals surface area (Å²) >= 11 is 0. The average Bonchev–Trinajstić information content (AvgIpc) is 2.95. The van der Waals surface area contributed by atoms with Gasteiger partial charge in [0.25, 0.3) is 5.91 Å². The highest BCUT2D eigenvalue weighted by Crippen LogP contribution is 2.34. The lowest BCUT2D eigenvalue weighted by Crippen LogP contribution is -2.33. The van der Waals surface area contributed by atoms with Crippen LogP contribution in [0.5, 0.6) is 5.75 Å². The van der Waals surface area contributed by atoms with E-state index in [4.69, 9.17) is 14.9 Å². The molecule has 1 unspecified atom stereocenters. The van der Waals surface area contributed by atoms with E-state index in [0.717, 1.165) is 42.4 Å². The number of nitrogens with two attached hydrogens (primary N) is 1. The average molecular weight is 329 g/mol. The van der Waals surface area contributed by atoms with Gasteiger partial charge < -0.3 is 14.9 Å². The van der Waals surface area contributed by atoms with Crippen LogP contribution in [0.25, 0.3) is 11.0 Å². The highest BCUT2D eigenvalue weighted by Gasteiger charge is 2.20. The summed E-state index contributed by atoms with van der Waals surface area (Å²) in [5.74, 6) is 1.43. The van der Waals surface area contributed by atoms with E-state index in [1.165, 1.54) is 31.2 Å². The Kier molecular flexibility index (Phi) is 5.44. The molecular formula is C20H27NO3. The number of benzene rings is 1. The topological polar surface area (TPSA) is 65.5 Å². The minimum atomic E-state index is -0.554. The Labute approximate surface area is 143 Å².